The van der Waals surface area contributed by atoms with Crippen LogP contribution in [-0.2, 0) is 10.0 Å². The quantitative estimate of drug-likeness (QED) is 0.661. The molecule has 0 radical (unpaired) electrons. The summed E-state index contributed by atoms with van der Waals surface area (Å²) in [6.07, 6.45) is 1.45. The predicted molar refractivity (Wildman–Crippen MR) is 76.7 cm³/mol. The molecule has 0 atom stereocenters. The van der Waals surface area contributed by atoms with Gasteiger partial charge in [0.2, 0.25) is 0 Å². The standard InChI is InChI=1S/C12H14N4O4S/c1-7-4-10(16(17)18)11(5-8(7)2)21(19,20)15-12-9(3)6-13-14-12/h4-6H,1-3H3,(H2,13,14,15). The Balaban J connectivity index is 2.57. The van der Waals surface area contributed by atoms with E-state index < -0.39 is 20.6 Å². The van der Waals surface area contributed by atoms with Crippen molar-refractivity contribution in [2.75, 3.05) is 4.72 Å². The Morgan fingerprint density at radius 3 is 2.33 bits per heavy atom. The molecule has 1 aromatic heterocycles. The first-order valence-corrected chi connectivity index (χ1v) is 7.49. The first-order chi connectivity index (χ1) is 9.72. The normalized spacial score (nSPS) is 11.4. The molecule has 0 aliphatic rings. The van der Waals surface area contributed by atoms with Crippen LogP contribution in [0.1, 0.15) is 16.7 Å². The minimum absolute atomic E-state index is 0.183. The summed E-state index contributed by atoms with van der Waals surface area (Å²) in [6.45, 7) is 5.04. The van der Waals surface area contributed by atoms with Gasteiger partial charge < -0.3 is 0 Å². The van der Waals surface area contributed by atoms with Crippen molar-refractivity contribution in [2.45, 2.75) is 25.7 Å². The molecule has 2 N–H and O–H groups in total. The molecule has 2 rings (SSSR count). The van der Waals surface area contributed by atoms with Gasteiger partial charge in [0.25, 0.3) is 15.7 Å². The summed E-state index contributed by atoms with van der Waals surface area (Å²) in [7, 11) is -4.08. The molecule has 0 spiro atoms. The van der Waals surface area contributed by atoms with E-state index >= 15 is 0 Å². The number of nitro groups is 1. The number of hydrogen-bond acceptors (Lipinski definition) is 5. The zero-order valence-corrected chi connectivity index (χ0v) is 12.5. The fourth-order valence-corrected chi connectivity index (χ4v) is 3.10. The number of nitrogens with one attached hydrogen (secondary N) is 2. The van der Waals surface area contributed by atoms with Gasteiger partial charge in [0.1, 0.15) is 5.82 Å². The molecule has 2 aromatic rings. The van der Waals surface area contributed by atoms with E-state index in [9.17, 15) is 18.5 Å². The summed E-state index contributed by atoms with van der Waals surface area (Å²) < 4.78 is 27.0. The van der Waals surface area contributed by atoms with Gasteiger partial charge in [-0.25, -0.2) is 8.42 Å². The lowest BCUT2D eigenvalue weighted by Crippen LogP contribution is -2.16. The summed E-state index contributed by atoms with van der Waals surface area (Å²) >= 11 is 0. The Morgan fingerprint density at radius 2 is 1.81 bits per heavy atom. The molecule has 0 saturated carbocycles. The fourth-order valence-electron chi connectivity index (χ4n) is 1.77. The van der Waals surface area contributed by atoms with E-state index in [1.165, 1.54) is 18.3 Å². The largest absolute Gasteiger partial charge is 0.290 e. The van der Waals surface area contributed by atoms with Crippen LogP contribution in [0, 0.1) is 30.9 Å². The van der Waals surface area contributed by atoms with Gasteiger partial charge in [-0.15, -0.1) is 0 Å². The molecule has 0 bridgehead atoms. The van der Waals surface area contributed by atoms with Crippen molar-refractivity contribution < 1.29 is 13.3 Å². The number of H-pyrrole nitrogens is 1. The Kier molecular flexibility index (Phi) is 3.69. The summed E-state index contributed by atoms with van der Waals surface area (Å²) in [6, 6.07) is 2.55. The van der Waals surface area contributed by atoms with Gasteiger partial charge in [-0.05, 0) is 38.0 Å². The fraction of sp³-hybridized carbons (Fsp3) is 0.250. The molecule has 112 valence electrons. The molecule has 0 aliphatic carbocycles. The van der Waals surface area contributed by atoms with Crippen molar-refractivity contribution in [1.82, 2.24) is 10.2 Å². The SMILES string of the molecule is Cc1cc([N+](=O)[O-])c(S(=O)(=O)Nc2[nH]ncc2C)cc1C. The van der Waals surface area contributed by atoms with Crippen LogP contribution in [0.5, 0.6) is 0 Å². The summed E-state index contributed by atoms with van der Waals surface area (Å²) in [5, 5.41) is 17.3. The van der Waals surface area contributed by atoms with E-state index in [0.29, 0.717) is 16.7 Å². The summed E-state index contributed by atoms with van der Waals surface area (Å²) in [5.41, 5.74) is 1.44. The third kappa shape index (κ3) is 2.87. The average molecular weight is 310 g/mol. The Labute approximate surface area is 121 Å². The second-order valence-electron chi connectivity index (χ2n) is 4.69. The van der Waals surface area contributed by atoms with Crippen LogP contribution < -0.4 is 4.72 Å². The Morgan fingerprint density at radius 1 is 1.19 bits per heavy atom. The molecular weight excluding hydrogens is 296 g/mol. The topological polar surface area (TPSA) is 118 Å². The number of nitrogens with zero attached hydrogens (tertiary/aromatic N) is 2. The molecule has 0 aliphatic heterocycles. The van der Waals surface area contributed by atoms with Gasteiger partial charge >= 0.3 is 0 Å². The number of anilines is 1. The number of sulfonamides is 1. The maximum atomic E-state index is 12.4. The van der Waals surface area contributed by atoms with Gasteiger partial charge in [-0.1, -0.05) is 0 Å². The van der Waals surface area contributed by atoms with Crippen molar-refractivity contribution in [2.24, 2.45) is 0 Å². The summed E-state index contributed by atoms with van der Waals surface area (Å²) in [5.74, 6) is 0.183. The molecule has 0 fully saturated rings. The van der Waals surface area contributed by atoms with Crippen molar-refractivity contribution in [3.8, 4) is 0 Å². The van der Waals surface area contributed by atoms with Crippen LogP contribution in [0.2, 0.25) is 0 Å². The number of aromatic nitrogens is 2. The minimum atomic E-state index is -4.08. The Hall–Kier alpha value is -2.42. The molecule has 21 heavy (non-hydrogen) atoms. The van der Waals surface area contributed by atoms with Crippen LogP contribution in [0.4, 0.5) is 11.5 Å². The smallest absolute Gasteiger partial charge is 0.263 e. The Bertz CT molecular complexity index is 811. The minimum Gasteiger partial charge on any atom is -0.263 e. The highest BCUT2D eigenvalue weighted by molar-refractivity contribution is 7.92. The average Bonchev–Trinajstić information content (AvgIpc) is 2.77. The van der Waals surface area contributed by atoms with Gasteiger partial charge in [0, 0.05) is 11.6 Å². The van der Waals surface area contributed by atoms with E-state index in [2.05, 4.69) is 14.9 Å². The molecule has 0 unspecified atom stereocenters. The molecular formula is C12H14N4O4S. The predicted octanol–water partition coefficient (Wildman–Crippen LogP) is 2.04. The van der Waals surface area contributed by atoms with E-state index in [-0.39, 0.29) is 10.7 Å². The number of aromatic amines is 1. The highest BCUT2D eigenvalue weighted by atomic mass is 32.2. The number of nitro benzene ring substituents is 1. The van der Waals surface area contributed by atoms with Crippen molar-refractivity contribution >= 4 is 21.5 Å². The molecule has 1 heterocycles. The maximum absolute atomic E-state index is 12.4. The lowest BCUT2D eigenvalue weighted by atomic mass is 10.1. The van der Waals surface area contributed by atoms with Crippen molar-refractivity contribution in [1.29, 1.82) is 0 Å². The molecule has 8 nitrogen and oxygen atoms in total. The van der Waals surface area contributed by atoms with Gasteiger partial charge in [-0.3, -0.25) is 19.9 Å². The van der Waals surface area contributed by atoms with Crippen LogP contribution >= 0.6 is 0 Å². The molecule has 1 aromatic carbocycles. The van der Waals surface area contributed by atoms with Crippen LogP contribution in [0.3, 0.4) is 0 Å². The van der Waals surface area contributed by atoms with Crippen molar-refractivity contribution in [3.05, 3.63) is 45.1 Å². The lowest BCUT2D eigenvalue weighted by molar-refractivity contribution is -0.387. The third-order valence-corrected chi connectivity index (χ3v) is 4.51. The maximum Gasteiger partial charge on any atom is 0.290 e. The number of hydrogen-bond donors (Lipinski definition) is 2. The zero-order valence-electron chi connectivity index (χ0n) is 11.7. The number of aryl methyl sites for hydroxylation is 3. The van der Waals surface area contributed by atoms with Gasteiger partial charge in [0.15, 0.2) is 4.90 Å². The highest BCUT2D eigenvalue weighted by Crippen LogP contribution is 2.29. The molecule has 0 saturated heterocycles. The van der Waals surface area contributed by atoms with E-state index in [0.717, 1.165) is 0 Å². The highest BCUT2D eigenvalue weighted by Gasteiger charge is 2.27. The van der Waals surface area contributed by atoms with Crippen LogP contribution in [0.15, 0.2) is 23.2 Å². The van der Waals surface area contributed by atoms with E-state index in [1.54, 1.807) is 20.8 Å². The van der Waals surface area contributed by atoms with E-state index in [1.807, 2.05) is 0 Å². The second kappa shape index (κ2) is 5.17. The first kappa shape index (κ1) is 15.0. The number of rotatable bonds is 4. The van der Waals surface area contributed by atoms with Crippen LogP contribution in [-0.4, -0.2) is 23.5 Å². The van der Waals surface area contributed by atoms with E-state index in [4.69, 9.17) is 0 Å². The zero-order chi connectivity index (χ0) is 15.8. The van der Waals surface area contributed by atoms with Gasteiger partial charge in [-0.2, -0.15) is 5.10 Å². The number of benzene rings is 1. The lowest BCUT2D eigenvalue weighted by Gasteiger charge is -2.09. The third-order valence-electron chi connectivity index (χ3n) is 3.13. The van der Waals surface area contributed by atoms with Crippen LogP contribution in [0.25, 0.3) is 0 Å². The first-order valence-electron chi connectivity index (χ1n) is 6.01. The van der Waals surface area contributed by atoms with Gasteiger partial charge in [0.05, 0.1) is 11.1 Å². The monoisotopic (exact) mass is 310 g/mol. The molecule has 9 heteroatoms. The van der Waals surface area contributed by atoms with Crippen molar-refractivity contribution in [3.63, 3.8) is 0 Å². The molecule has 0 amide bonds. The summed E-state index contributed by atoms with van der Waals surface area (Å²) in [4.78, 5) is 10.0. The second-order valence-corrected chi connectivity index (χ2v) is 6.35.